The minimum atomic E-state index is -0.796. The van der Waals surface area contributed by atoms with Crippen molar-refractivity contribution in [3.05, 3.63) is 44.9 Å². The molecule has 1 aliphatic rings. The number of nitrogens with one attached hydrogen (secondary N) is 2. The van der Waals surface area contributed by atoms with Gasteiger partial charge in [0.05, 0.1) is 45.5 Å². The van der Waals surface area contributed by atoms with Gasteiger partial charge < -0.3 is 29.2 Å². The number of aromatic amines is 1. The first-order valence-electron chi connectivity index (χ1n) is 8.94. The van der Waals surface area contributed by atoms with Gasteiger partial charge in [-0.3, -0.25) is 4.79 Å². The number of hydrogen-bond acceptors (Lipinski definition) is 9. The Morgan fingerprint density at radius 3 is 2.37 bits per heavy atom. The van der Waals surface area contributed by atoms with E-state index in [4.69, 9.17) is 18.9 Å². The molecule has 1 unspecified atom stereocenters. The smallest absolute Gasteiger partial charge is 0.336 e. The first-order valence-corrected chi connectivity index (χ1v) is 10.2. The van der Waals surface area contributed by atoms with Gasteiger partial charge in [0.15, 0.2) is 16.7 Å². The van der Waals surface area contributed by atoms with Crippen LogP contribution in [0.25, 0.3) is 0 Å². The van der Waals surface area contributed by atoms with E-state index >= 15 is 0 Å². The summed E-state index contributed by atoms with van der Waals surface area (Å²) in [5, 5.41) is 3.52. The third kappa shape index (κ3) is 3.47. The Labute approximate surface area is 177 Å². The Morgan fingerprint density at radius 2 is 1.80 bits per heavy atom. The zero-order chi connectivity index (χ0) is 22.0. The van der Waals surface area contributed by atoms with Crippen molar-refractivity contribution in [3.8, 4) is 17.2 Å². The van der Waals surface area contributed by atoms with Gasteiger partial charge in [0.1, 0.15) is 5.82 Å². The number of hydrogen-bond donors (Lipinski definition) is 2. The second-order valence-corrected chi connectivity index (χ2v) is 7.14. The largest absolute Gasteiger partial charge is 0.493 e. The number of H-pyrrole nitrogens is 1. The van der Waals surface area contributed by atoms with Gasteiger partial charge in [-0.25, -0.2) is 9.78 Å². The zero-order valence-corrected chi connectivity index (χ0v) is 18.4. The maximum Gasteiger partial charge on any atom is 0.336 e. The molecule has 1 aromatic heterocycles. The number of rotatable bonds is 6. The van der Waals surface area contributed by atoms with E-state index in [2.05, 4.69) is 15.3 Å². The first-order chi connectivity index (χ1) is 14.4. The molecule has 9 nitrogen and oxygen atoms in total. The van der Waals surface area contributed by atoms with Gasteiger partial charge in [0.2, 0.25) is 5.75 Å². The quantitative estimate of drug-likeness (QED) is 0.403. The molecule has 1 atom stereocenters. The molecule has 2 N–H and O–H groups in total. The summed E-state index contributed by atoms with van der Waals surface area (Å²) in [5.74, 6) is 0.158. The third-order valence-corrected chi connectivity index (χ3v) is 5.45. The molecule has 0 saturated carbocycles. The van der Waals surface area contributed by atoms with Gasteiger partial charge in [0, 0.05) is 11.3 Å². The average Bonchev–Trinajstić information content (AvgIpc) is 2.76. The second kappa shape index (κ2) is 8.70. The van der Waals surface area contributed by atoms with E-state index in [0.717, 1.165) is 0 Å². The number of nitrogens with zero attached hydrogens (tertiary/aromatic N) is 1. The molecule has 0 saturated heterocycles. The van der Waals surface area contributed by atoms with Crippen molar-refractivity contribution in [2.45, 2.75) is 18.0 Å². The summed E-state index contributed by atoms with van der Waals surface area (Å²) in [6.45, 7) is 1.73. The molecule has 3 rings (SSSR count). The SMILES string of the molecule is COC(=O)C1=C(C)Nc2nc(SC)[nH]c(=O)c2C1c1ccc(OC)c(OC)c1OC. The number of methoxy groups -OCH3 is 4. The highest BCUT2D eigenvalue weighted by atomic mass is 32.2. The summed E-state index contributed by atoms with van der Waals surface area (Å²) in [4.78, 5) is 33.0. The summed E-state index contributed by atoms with van der Waals surface area (Å²) in [6.07, 6.45) is 1.81. The van der Waals surface area contributed by atoms with E-state index in [9.17, 15) is 9.59 Å². The number of aromatic nitrogens is 2. The molecule has 10 heteroatoms. The van der Waals surface area contributed by atoms with Crippen molar-refractivity contribution < 1.29 is 23.7 Å². The zero-order valence-electron chi connectivity index (χ0n) is 17.5. The van der Waals surface area contributed by atoms with Crippen LogP contribution in [-0.2, 0) is 9.53 Å². The maximum absolute atomic E-state index is 13.0. The van der Waals surface area contributed by atoms with Crippen LogP contribution < -0.4 is 25.1 Å². The van der Waals surface area contributed by atoms with Gasteiger partial charge in [-0.05, 0) is 19.2 Å². The molecule has 0 radical (unpaired) electrons. The normalized spacial score (nSPS) is 15.2. The van der Waals surface area contributed by atoms with Crippen molar-refractivity contribution in [2.75, 3.05) is 40.0 Å². The van der Waals surface area contributed by atoms with Gasteiger partial charge >= 0.3 is 5.97 Å². The van der Waals surface area contributed by atoms with Gasteiger partial charge in [-0.1, -0.05) is 17.8 Å². The van der Waals surface area contributed by atoms with E-state index < -0.39 is 11.9 Å². The lowest BCUT2D eigenvalue weighted by Gasteiger charge is -2.30. The number of thioether (sulfide) groups is 1. The Balaban J connectivity index is 2.39. The number of esters is 1. The van der Waals surface area contributed by atoms with Crippen molar-refractivity contribution in [1.82, 2.24) is 9.97 Å². The van der Waals surface area contributed by atoms with Crippen LogP contribution in [0, 0.1) is 0 Å². The average molecular weight is 433 g/mol. The molecule has 0 bridgehead atoms. The molecule has 0 spiro atoms. The number of ether oxygens (including phenoxy) is 4. The Hall–Kier alpha value is -3.14. The molecule has 1 aromatic carbocycles. The highest BCUT2D eigenvalue weighted by molar-refractivity contribution is 7.98. The fourth-order valence-electron chi connectivity index (χ4n) is 3.57. The van der Waals surface area contributed by atoms with Crippen LogP contribution in [0.15, 0.2) is 33.4 Å². The molecule has 0 fully saturated rings. The minimum absolute atomic E-state index is 0.278. The number of benzene rings is 1. The van der Waals surface area contributed by atoms with Crippen molar-refractivity contribution in [3.63, 3.8) is 0 Å². The molecular weight excluding hydrogens is 410 g/mol. The predicted molar refractivity (Wildman–Crippen MR) is 113 cm³/mol. The first kappa shape index (κ1) is 21.6. The molecule has 160 valence electrons. The van der Waals surface area contributed by atoms with Crippen LogP contribution in [0.4, 0.5) is 5.82 Å². The molecule has 2 aromatic rings. The summed E-state index contributed by atoms with van der Waals surface area (Å²) in [7, 11) is 5.78. The van der Waals surface area contributed by atoms with Crippen molar-refractivity contribution >= 4 is 23.5 Å². The molecule has 0 aliphatic carbocycles. The van der Waals surface area contributed by atoms with Crippen molar-refractivity contribution in [2.24, 2.45) is 0 Å². The van der Waals surface area contributed by atoms with Crippen LogP contribution in [-0.4, -0.2) is 50.6 Å². The van der Waals surface area contributed by atoms with E-state index in [-0.39, 0.29) is 16.7 Å². The molecule has 30 heavy (non-hydrogen) atoms. The molecular formula is C20H23N3O6S. The predicted octanol–water partition coefficient (Wildman–Crippen LogP) is 2.52. The number of fused-ring (bicyclic) bond motifs is 1. The summed E-state index contributed by atoms with van der Waals surface area (Å²) < 4.78 is 21.5. The highest BCUT2D eigenvalue weighted by Crippen LogP contribution is 2.48. The Kier molecular flexibility index (Phi) is 6.25. The lowest BCUT2D eigenvalue weighted by molar-refractivity contribution is -0.136. The lowest BCUT2D eigenvalue weighted by Crippen LogP contribution is -2.31. The lowest BCUT2D eigenvalue weighted by atomic mass is 9.81. The van der Waals surface area contributed by atoms with Crippen LogP contribution in [0.1, 0.15) is 24.0 Å². The third-order valence-electron chi connectivity index (χ3n) is 4.87. The van der Waals surface area contributed by atoms with E-state index in [1.165, 1.54) is 40.2 Å². The van der Waals surface area contributed by atoms with E-state index in [1.807, 2.05) is 6.26 Å². The van der Waals surface area contributed by atoms with Crippen LogP contribution in [0.5, 0.6) is 17.2 Å². The number of carbonyl (C=O) groups is 1. The molecule has 0 amide bonds. The fourth-order valence-corrected chi connectivity index (χ4v) is 3.95. The van der Waals surface area contributed by atoms with Gasteiger partial charge in [0.25, 0.3) is 5.56 Å². The fraction of sp³-hybridized carbons (Fsp3) is 0.350. The highest BCUT2D eigenvalue weighted by Gasteiger charge is 2.38. The van der Waals surface area contributed by atoms with Crippen molar-refractivity contribution in [1.29, 1.82) is 0 Å². The van der Waals surface area contributed by atoms with Crippen LogP contribution in [0.2, 0.25) is 0 Å². The standard InChI is InChI=1S/C20H23N3O6S/c1-9-12(19(25)29-5)13(14-17(21-9)22-20(30-6)23-18(14)24)10-7-8-11(26-2)16(28-4)15(10)27-3/h7-8,13H,1-6H3,(H2,21,22,23,24). The topological polar surface area (TPSA) is 112 Å². The molecule has 1 aliphatic heterocycles. The summed E-state index contributed by atoms with van der Waals surface area (Å²) in [5.41, 5.74) is 1.26. The number of carbonyl (C=O) groups excluding carboxylic acids is 1. The second-order valence-electron chi connectivity index (χ2n) is 6.35. The van der Waals surface area contributed by atoms with E-state index in [0.29, 0.717) is 39.5 Å². The van der Waals surface area contributed by atoms with Crippen LogP contribution >= 0.6 is 11.8 Å². The number of allylic oxidation sites excluding steroid dienone is 1. The summed E-state index contributed by atoms with van der Waals surface area (Å²) >= 11 is 1.31. The monoisotopic (exact) mass is 433 g/mol. The maximum atomic E-state index is 13.0. The van der Waals surface area contributed by atoms with Crippen LogP contribution in [0.3, 0.4) is 0 Å². The molecule has 2 heterocycles. The minimum Gasteiger partial charge on any atom is -0.493 e. The number of anilines is 1. The summed E-state index contributed by atoms with van der Waals surface area (Å²) in [6, 6.07) is 3.43. The Bertz CT molecular complexity index is 1080. The van der Waals surface area contributed by atoms with Gasteiger partial charge in [-0.2, -0.15) is 0 Å². The Morgan fingerprint density at radius 1 is 1.10 bits per heavy atom. The van der Waals surface area contributed by atoms with E-state index in [1.54, 1.807) is 19.1 Å². The van der Waals surface area contributed by atoms with Gasteiger partial charge in [-0.15, -0.1) is 0 Å².